The normalized spacial score (nSPS) is 21.3. The van der Waals surface area contributed by atoms with Crippen LogP contribution in [-0.4, -0.2) is 16.0 Å². The summed E-state index contributed by atoms with van der Waals surface area (Å²) >= 11 is 0. The molecule has 0 saturated heterocycles. The van der Waals surface area contributed by atoms with E-state index in [4.69, 9.17) is 0 Å². The van der Waals surface area contributed by atoms with Gasteiger partial charge in [-0.3, -0.25) is 4.79 Å². The lowest BCUT2D eigenvalue weighted by Crippen LogP contribution is -2.27. The van der Waals surface area contributed by atoms with Gasteiger partial charge in [-0.05, 0) is 49.3 Å². The summed E-state index contributed by atoms with van der Waals surface area (Å²) in [5, 5.41) is 12.0. The molecule has 2 aromatic rings. The SMILES string of the molecule is O=C(Nc1ccc(O)cn1)C1CCC(c2ccccc2)CC1. The maximum absolute atomic E-state index is 12.3. The van der Waals surface area contributed by atoms with Gasteiger partial charge in [0.2, 0.25) is 5.91 Å². The monoisotopic (exact) mass is 296 g/mol. The first-order valence-corrected chi connectivity index (χ1v) is 7.73. The van der Waals surface area contributed by atoms with Gasteiger partial charge >= 0.3 is 0 Å². The van der Waals surface area contributed by atoms with Crippen LogP contribution in [0.4, 0.5) is 5.82 Å². The van der Waals surface area contributed by atoms with Gasteiger partial charge in [0.05, 0.1) is 6.20 Å². The van der Waals surface area contributed by atoms with Gasteiger partial charge < -0.3 is 10.4 Å². The van der Waals surface area contributed by atoms with E-state index in [1.807, 2.05) is 6.07 Å². The van der Waals surface area contributed by atoms with Crippen LogP contribution in [0.25, 0.3) is 0 Å². The molecule has 1 saturated carbocycles. The van der Waals surface area contributed by atoms with Gasteiger partial charge in [0.1, 0.15) is 11.6 Å². The molecule has 1 aromatic heterocycles. The smallest absolute Gasteiger partial charge is 0.228 e. The number of hydrogen-bond donors (Lipinski definition) is 2. The molecule has 1 fully saturated rings. The van der Waals surface area contributed by atoms with Crippen molar-refractivity contribution in [3.8, 4) is 5.75 Å². The quantitative estimate of drug-likeness (QED) is 0.907. The summed E-state index contributed by atoms with van der Waals surface area (Å²) in [6, 6.07) is 13.7. The molecule has 0 atom stereocenters. The largest absolute Gasteiger partial charge is 0.506 e. The average Bonchev–Trinajstić information content (AvgIpc) is 2.58. The molecule has 1 aliphatic rings. The van der Waals surface area contributed by atoms with E-state index in [1.54, 1.807) is 6.07 Å². The van der Waals surface area contributed by atoms with Gasteiger partial charge in [0.25, 0.3) is 0 Å². The lowest BCUT2D eigenvalue weighted by Gasteiger charge is -2.28. The average molecular weight is 296 g/mol. The first-order valence-electron chi connectivity index (χ1n) is 7.73. The molecule has 1 amide bonds. The fourth-order valence-electron chi connectivity index (χ4n) is 3.10. The van der Waals surface area contributed by atoms with E-state index in [0.717, 1.165) is 25.7 Å². The van der Waals surface area contributed by atoms with Crippen molar-refractivity contribution in [1.29, 1.82) is 0 Å². The third-order valence-electron chi connectivity index (χ3n) is 4.37. The zero-order chi connectivity index (χ0) is 15.4. The van der Waals surface area contributed by atoms with Crippen LogP contribution in [0.5, 0.6) is 5.75 Å². The molecule has 1 heterocycles. The number of rotatable bonds is 3. The van der Waals surface area contributed by atoms with Gasteiger partial charge in [0, 0.05) is 5.92 Å². The van der Waals surface area contributed by atoms with Gasteiger partial charge in [-0.15, -0.1) is 0 Å². The zero-order valence-electron chi connectivity index (χ0n) is 12.4. The molecule has 3 rings (SSSR count). The predicted octanol–water partition coefficient (Wildman–Crippen LogP) is 3.70. The number of benzene rings is 1. The van der Waals surface area contributed by atoms with Crippen LogP contribution >= 0.6 is 0 Å². The summed E-state index contributed by atoms with van der Waals surface area (Å²) in [6.45, 7) is 0. The van der Waals surface area contributed by atoms with Gasteiger partial charge in [0.15, 0.2) is 0 Å². The second-order valence-electron chi connectivity index (χ2n) is 5.85. The molecule has 0 spiro atoms. The molecule has 1 aliphatic carbocycles. The number of amides is 1. The van der Waals surface area contributed by atoms with Gasteiger partial charge in [-0.25, -0.2) is 4.98 Å². The van der Waals surface area contributed by atoms with Crippen molar-refractivity contribution < 1.29 is 9.90 Å². The molecule has 0 bridgehead atoms. The molecular weight excluding hydrogens is 276 g/mol. The van der Waals surface area contributed by atoms with Crippen LogP contribution in [-0.2, 0) is 4.79 Å². The lowest BCUT2D eigenvalue weighted by atomic mass is 9.78. The number of nitrogens with zero attached hydrogens (tertiary/aromatic N) is 1. The Labute approximate surface area is 130 Å². The predicted molar refractivity (Wildman–Crippen MR) is 85.7 cm³/mol. The molecule has 1 aromatic carbocycles. The van der Waals surface area contributed by atoms with E-state index in [-0.39, 0.29) is 17.6 Å². The van der Waals surface area contributed by atoms with Crippen molar-refractivity contribution >= 4 is 11.7 Å². The van der Waals surface area contributed by atoms with Crippen LogP contribution < -0.4 is 5.32 Å². The number of hydrogen-bond acceptors (Lipinski definition) is 3. The Bertz CT molecular complexity index is 617. The van der Waals surface area contributed by atoms with E-state index < -0.39 is 0 Å². The van der Waals surface area contributed by atoms with E-state index in [9.17, 15) is 9.90 Å². The Balaban J connectivity index is 1.54. The Kier molecular flexibility index (Phi) is 4.37. The second-order valence-corrected chi connectivity index (χ2v) is 5.85. The maximum atomic E-state index is 12.3. The second kappa shape index (κ2) is 6.60. The third kappa shape index (κ3) is 3.45. The molecule has 114 valence electrons. The Hall–Kier alpha value is -2.36. The van der Waals surface area contributed by atoms with E-state index in [1.165, 1.54) is 17.8 Å². The van der Waals surface area contributed by atoms with Gasteiger partial charge in [-0.1, -0.05) is 30.3 Å². The van der Waals surface area contributed by atoms with Crippen LogP contribution in [0.3, 0.4) is 0 Å². The summed E-state index contributed by atoms with van der Waals surface area (Å²) in [4.78, 5) is 16.3. The number of aromatic nitrogens is 1. The summed E-state index contributed by atoms with van der Waals surface area (Å²) in [5.74, 6) is 1.24. The number of carbonyl (C=O) groups excluding carboxylic acids is 1. The minimum atomic E-state index is 0.0321. The van der Waals surface area contributed by atoms with Crippen molar-refractivity contribution in [2.45, 2.75) is 31.6 Å². The molecular formula is C18H20N2O2. The fourth-order valence-corrected chi connectivity index (χ4v) is 3.10. The highest BCUT2D eigenvalue weighted by Crippen LogP contribution is 2.36. The van der Waals surface area contributed by atoms with Crippen LogP contribution in [0.2, 0.25) is 0 Å². The highest BCUT2D eigenvalue weighted by atomic mass is 16.3. The number of pyridine rings is 1. The first-order chi connectivity index (χ1) is 10.7. The number of aromatic hydroxyl groups is 1. The van der Waals surface area contributed by atoms with Crippen molar-refractivity contribution in [2.24, 2.45) is 5.92 Å². The summed E-state index contributed by atoms with van der Waals surface area (Å²) < 4.78 is 0. The molecule has 22 heavy (non-hydrogen) atoms. The van der Waals surface area contributed by atoms with Crippen molar-refractivity contribution in [3.63, 3.8) is 0 Å². The standard InChI is InChI=1S/C18H20N2O2/c21-16-10-11-17(19-12-16)20-18(22)15-8-6-14(7-9-15)13-4-2-1-3-5-13/h1-5,10-12,14-15,21H,6-9H2,(H,19,20,22). The molecule has 4 nitrogen and oxygen atoms in total. The topological polar surface area (TPSA) is 62.2 Å². The molecule has 0 aliphatic heterocycles. The van der Waals surface area contributed by atoms with Crippen LogP contribution in [0.1, 0.15) is 37.2 Å². The molecule has 4 heteroatoms. The Morgan fingerprint density at radius 3 is 2.41 bits per heavy atom. The summed E-state index contributed by atoms with van der Waals surface area (Å²) in [5.41, 5.74) is 1.38. The summed E-state index contributed by atoms with van der Waals surface area (Å²) in [6.07, 6.45) is 5.24. The van der Waals surface area contributed by atoms with Crippen LogP contribution in [0, 0.1) is 5.92 Å². The number of nitrogens with one attached hydrogen (secondary N) is 1. The first kappa shape index (κ1) is 14.6. The van der Waals surface area contributed by atoms with E-state index >= 15 is 0 Å². The Morgan fingerprint density at radius 2 is 1.77 bits per heavy atom. The highest BCUT2D eigenvalue weighted by molar-refractivity contribution is 5.91. The van der Waals surface area contributed by atoms with Crippen LogP contribution in [0.15, 0.2) is 48.7 Å². The van der Waals surface area contributed by atoms with E-state index in [2.05, 4.69) is 34.6 Å². The number of carbonyl (C=O) groups is 1. The Morgan fingerprint density at radius 1 is 1.05 bits per heavy atom. The third-order valence-corrected chi connectivity index (χ3v) is 4.37. The zero-order valence-corrected chi connectivity index (χ0v) is 12.4. The van der Waals surface area contributed by atoms with Gasteiger partial charge in [-0.2, -0.15) is 0 Å². The van der Waals surface area contributed by atoms with Crippen molar-refractivity contribution in [2.75, 3.05) is 5.32 Å². The fraction of sp³-hybridized carbons (Fsp3) is 0.333. The molecule has 0 radical (unpaired) electrons. The highest BCUT2D eigenvalue weighted by Gasteiger charge is 2.27. The minimum absolute atomic E-state index is 0.0321. The minimum Gasteiger partial charge on any atom is -0.506 e. The lowest BCUT2D eigenvalue weighted by molar-refractivity contribution is -0.120. The molecule has 2 N–H and O–H groups in total. The maximum Gasteiger partial charge on any atom is 0.228 e. The summed E-state index contributed by atoms with van der Waals surface area (Å²) in [7, 11) is 0. The number of anilines is 1. The molecule has 0 unspecified atom stereocenters. The van der Waals surface area contributed by atoms with Crippen molar-refractivity contribution in [1.82, 2.24) is 4.98 Å². The van der Waals surface area contributed by atoms with E-state index in [0.29, 0.717) is 11.7 Å². The van der Waals surface area contributed by atoms with Crippen molar-refractivity contribution in [3.05, 3.63) is 54.2 Å².